The summed E-state index contributed by atoms with van der Waals surface area (Å²) in [7, 11) is 0. The molecule has 14 heavy (non-hydrogen) atoms. The molecule has 0 saturated carbocycles. The molecular formula is C11H12F2S. The first-order chi connectivity index (χ1) is 6.68. The van der Waals surface area contributed by atoms with Crippen molar-refractivity contribution in [2.24, 2.45) is 0 Å². The van der Waals surface area contributed by atoms with Crippen LogP contribution in [0.25, 0.3) is 0 Å². The monoisotopic (exact) mass is 214 g/mol. The van der Waals surface area contributed by atoms with Crippen LogP contribution in [-0.4, -0.2) is 5.75 Å². The highest BCUT2D eigenvalue weighted by Crippen LogP contribution is 2.19. The number of aryl methyl sites for hydroxylation is 1. The minimum atomic E-state index is -1.59. The fourth-order valence-corrected chi connectivity index (χ4v) is 1.78. The van der Waals surface area contributed by atoms with Crippen molar-refractivity contribution in [3.05, 3.63) is 42.0 Å². The third-order valence-corrected chi connectivity index (χ3v) is 2.75. The fraction of sp³-hybridized carbons (Fsp3) is 0.273. The van der Waals surface area contributed by atoms with Gasteiger partial charge in [0.15, 0.2) is 0 Å². The summed E-state index contributed by atoms with van der Waals surface area (Å²) >= 11 is 1.59. The third-order valence-electron chi connectivity index (χ3n) is 1.71. The lowest BCUT2D eigenvalue weighted by Crippen LogP contribution is -1.78. The largest absolute Gasteiger partial charge is 0.266 e. The Balaban J connectivity index is 2.32. The van der Waals surface area contributed by atoms with Crippen molar-refractivity contribution in [2.45, 2.75) is 18.2 Å². The van der Waals surface area contributed by atoms with E-state index < -0.39 is 6.08 Å². The van der Waals surface area contributed by atoms with Crippen LogP contribution in [0.15, 0.2) is 41.3 Å². The van der Waals surface area contributed by atoms with E-state index in [0.29, 0.717) is 12.2 Å². The predicted molar refractivity (Wildman–Crippen MR) is 56.8 cm³/mol. The zero-order valence-corrected chi connectivity index (χ0v) is 8.78. The van der Waals surface area contributed by atoms with E-state index in [-0.39, 0.29) is 0 Å². The van der Waals surface area contributed by atoms with Crippen LogP contribution in [0.3, 0.4) is 0 Å². The van der Waals surface area contributed by atoms with Crippen LogP contribution in [0.1, 0.15) is 12.0 Å². The van der Waals surface area contributed by atoms with Gasteiger partial charge in [-0.2, -0.15) is 8.78 Å². The molecule has 0 atom stereocenters. The van der Waals surface area contributed by atoms with E-state index in [9.17, 15) is 8.78 Å². The number of rotatable bonds is 4. The Bertz CT molecular complexity index is 300. The molecule has 76 valence electrons. The Hall–Kier alpha value is -0.830. The normalized spacial score (nSPS) is 9.93. The van der Waals surface area contributed by atoms with Crippen LogP contribution in [-0.2, 0) is 0 Å². The molecule has 3 heteroatoms. The minimum Gasteiger partial charge on any atom is -0.174 e. The van der Waals surface area contributed by atoms with Gasteiger partial charge >= 0.3 is 0 Å². The van der Waals surface area contributed by atoms with E-state index >= 15 is 0 Å². The molecule has 1 aromatic rings. The summed E-state index contributed by atoms with van der Waals surface area (Å²) in [5.74, 6) is 0.695. The van der Waals surface area contributed by atoms with Crippen LogP contribution < -0.4 is 0 Å². The van der Waals surface area contributed by atoms with Crippen molar-refractivity contribution in [2.75, 3.05) is 5.75 Å². The first-order valence-electron chi connectivity index (χ1n) is 4.39. The maximum absolute atomic E-state index is 11.7. The zero-order chi connectivity index (χ0) is 10.4. The molecule has 0 aliphatic rings. The molecule has 0 spiro atoms. The number of benzene rings is 1. The second-order valence-corrected chi connectivity index (χ2v) is 4.11. The molecule has 1 aromatic carbocycles. The molecule has 0 saturated heterocycles. The smallest absolute Gasteiger partial charge is 0.174 e. The Morgan fingerprint density at radius 1 is 1.29 bits per heavy atom. The van der Waals surface area contributed by atoms with E-state index in [4.69, 9.17) is 0 Å². The quantitative estimate of drug-likeness (QED) is 0.533. The lowest BCUT2D eigenvalue weighted by Gasteiger charge is -1.99. The highest BCUT2D eigenvalue weighted by atomic mass is 32.2. The second-order valence-electron chi connectivity index (χ2n) is 2.94. The molecule has 1 rings (SSSR count). The molecule has 0 aromatic heterocycles. The fourth-order valence-electron chi connectivity index (χ4n) is 0.979. The molecule has 0 heterocycles. The molecule has 0 aliphatic heterocycles. The van der Waals surface area contributed by atoms with E-state index in [1.165, 1.54) is 5.56 Å². The summed E-state index contributed by atoms with van der Waals surface area (Å²) in [6, 6.07) is 8.06. The number of hydrogen-bond acceptors (Lipinski definition) is 1. The topological polar surface area (TPSA) is 0 Å². The standard InChI is InChI=1S/C11H12F2S/c1-9-4-6-10(7-5-9)14-8-2-3-11(12)13/h3-7H,2,8H2,1H3. The molecule has 0 fully saturated rings. The lowest BCUT2D eigenvalue weighted by atomic mass is 10.2. The van der Waals surface area contributed by atoms with E-state index in [1.807, 2.05) is 31.2 Å². The number of halogens is 2. The summed E-state index contributed by atoms with van der Waals surface area (Å²) in [4.78, 5) is 1.13. The zero-order valence-electron chi connectivity index (χ0n) is 7.97. The summed E-state index contributed by atoms with van der Waals surface area (Å²) < 4.78 is 23.3. The Morgan fingerprint density at radius 2 is 1.93 bits per heavy atom. The Kier molecular flexibility index (Phi) is 4.66. The van der Waals surface area contributed by atoms with Crippen LogP contribution in [0.5, 0.6) is 0 Å². The summed E-state index contributed by atoms with van der Waals surface area (Å²) in [5.41, 5.74) is 1.21. The summed E-state index contributed by atoms with van der Waals surface area (Å²) in [5, 5.41) is 0. The van der Waals surface area contributed by atoms with Crippen molar-refractivity contribution in [3.8, 4) is 0 Å². The first kappa shape index (κ1) is 11.2. The van der Waals surface area contributed by atoms with Gasteiger partial charge in [-0.05, 0) is 31.6 Å². The molecule has 0 aliphatic carbocycles. The molecule has 0 nitrogen and oxygen atoms in total. The van der Waals surface area contributed by atoms with Gasteiger partial charge in [0.2, 0.25) is 0 Å². The number of hydrogen-bond donors (Lipinski definition) is 0. The van der Waals surface area contributed by atoms with Gasteiger partial charge < -0.3 is 0 Å². The van der Waals surface area contributed by atoms with Gasteiger partial charge in [0.1, 0.15) is 0 Å². The van der Waals surface area contributed by atoms with Gasteiger partial charge in [-0.15, -0.1) is 11.8 Å². The van der Waals surface area contributed by atoms with Gasteiger partial charge in [0, 0.05) is 10.6 Å². The molecule has 0 bridgehead atoms. The van der Waals surface area contributed by atoms with Crippen molar-refractivity contribution in [1.82, 2.24) is 0 Å². The summed E-state index contributed by atoms with van der Waals surface area (Å²) in [6.45, 7) is 2.02. The van der Waals surface area contributed by atoms with Gasteiger partial charge in [-0.25, -0.2) is 0 Å². The van der Waals surface area contributed by atoms with Crippen molar-refractivity contribution >= 4 is 11.8 Å². The van der Waals surface area contributed by atoms with Gasteiger partial charge in [0.25, 0.3) is 6.08 Å². The molecule has 0 N–H and O–H groups in total. The third kappa shape index (κ3) is 4.42. The van der Waals surface area contributed by atoms with Gasteiger partial charge in [-0.1, -0.05) is 17.7 Å². The van der Waals surface area contributed by atoms with Crippen LogP contribution in [0.2, 0.25) is 0 Å². The van der Waals surface area contributed by atoms with Gasteiger partial charge in [-0.3, -0.25) is 0 Å². The molecule has 0 amide bonds. The van der Waals surface area contributed by atoms with E-state index in [0.717, 1.165) is 11.0 Å². The number of allylic oxidation sites excluding steroid dienone is 1. The van der Waals surface area contributed by atoms with E-state index in [2.05, 4.69) is 0 Å². The highest BCUT2D eigenvalue weighted by molar-refractivity contribution is 7.99. The lowest BCUT2D eigenvalue weighted by molar-refractivity contribution is 0.418. The SMILES string of the molecule is Cc1ccc(SCCC=C(F)F)cc1. The Morgan fingerprint density at radius 3 is 2.50 bits per heavy atom. The molecule has 0 radical (unpaired) electrons. The maximum atomic E-state index is 11.7. The predicted octanol–water partition coefficient (Wildman–Crippen LogP) is 4.26. The molecule has 0 unspecified atom stereocenters. The minimum absolute atomic E-state index is 0.418. The van der Waals surface area contributed by atoms with Crippen molar-refractivity contribution in [1.29, 1.82) is 0 Å². The van der Waals surface area contributed by atoms with Crippen molar-refractivity contribution < 1.29 is 8.78 Å². The van der Waals surface area contributed by atoms with Gasteiger partial charge in [0.05, 0.1) is 0 Å². The summed E-state index contributed by atoms with van der Waals surface area (Å²) in [6.07, 6.45) is -0.211. The molecular weight excluding hydrogens is 202 g/mol. The van der Waals surface area contributed by atoms with Crippen molar-refractivity contribution in [3.63, 3.8) is 0 Å². The maximum Gasteiger partial charge on any atom is 0.266 e. The van der Waals surface area contributed by atoms with E-state index in [1.54, 1.807) is 11.8 Å². The average molecular weight is 214 g/mol. The first-order valence-corrected chi connectivity index (χ1v) is 5.37. The van der Waals surface area contributed by atoms with Crippen LogP contribution in [0.4, 0.5) is 8.78 Å². The van der Waals surface area contributed by atoms with Crippen LogP contribution in [0, 0.1) is 6.92 Å². The Labute approximate surface area is 87.0 Å². The highest BCUT2D eigenvalue weighted by Gasteiger charge is 1.93. The average Bonchev–Trinajstić information content (AvgIpc) is 2.15. The second kappa shape index (κ2) is 5.81. The van der Waals surface area contributed by atoms with Crippen LogP contribution >= 0.6 is 11.8 Å². The number of thioether (sulfide) groups is 1.